The van der Waals surface area contributed by atoms with E-state index in [0.29, 0.717) is 13.1 Å². The number of piperidine rings is 1. The highest BCUT2D eigenvalue weighted by Crippen LogP contribution is 2.21. The maximum absolute atomic E-state index is 12.1. The Morgan fingerprint density at radius 3 is 2.69 bits per heavy atom. The smallest absolute Gasteiger partial charge is 0.229 e. The van der Waals surface area contributed by atoms with Gasteiger partial charge in [-0.15, -0.1) is 12.4 Å². The highest BCUT2D eigenvalue weighted by molar-refractivity contribution is 5.85. The Bertz CT molecular complexity index is 234. The van der Waals surface area contributed by atoms with E-state index < -0.39 is 5.41 Å². The van der Waals surface area contributed by atoms with Crippen molar-refractivity contribution in [2.24, 2.45) is 11.1 Å². The molecule has 1 unspecified atom stereocenters. The first-order valence-corrected chi connectivity index (χ1v) is 5.53. The van der Waals surface area contributed by atoms with Crippen LogP contribution in [0.4, 0.5) is 0 Å². The second kappa shape index (κ2) is 6.42. The first-order chi connectivity index (χ1) is 7.01. The maximum Gasteiger partial charge on any atom is 0.229 e. The number of nitrogens with two attached hydrogens (primary N) is 1. The van der Waals surface area contributed by atoms with Gasteiger partial charge in [0.05, 0.1) is 11.5 Å². The molecule has 0 saturated carbocycles. The molecule has 1 saturated heterocycles. The lowest BCUT2D eigenvalue weighted by Crippen LogP contribution is -2.50. The predicted molar refractivity (Wildman–Crippen MR) is 66.7 cm³/mol. The fourth-order valence-corrected chi connectivity index (χ4v) is 1.83. The van der Waals surface area contributed by atoms with Crippen molar-refractivity contribution < 1.29 is 9.53 Å². The van der Waals surface area contributed by atoms with Crippen LogP contribution in [0, 0.1) is 5.41 Å². The number of likely N-dealkylation sites (tertiary alicyclic amines) is 1. The topological polar surface area (TPSA) is 55.6 Å². The van der Waals surface area contributed by atoms with Crippen LogP contribution < -0.4 is 5.73 Å². The van der Waals surface area contributed by atoms with Crippen LogP contribution in [0.2, 0.25) is 0 Å². The third kappa shape index (κ3) is 3.61. The van der Waals surface area contributed by atoms with Gasteiger partial charge >= 0.3 is 0 Å². The minimum absolute atomic E-state index is 0. The first-order valence-electron chi connectivity index (χ1n) is 5.53. The number of hydrogen-bond acceptors (Lipinski definition) is 3. The van der Waals surface area contributed by atoms with Gasteiger partial charge in [0.15, 0.2) is 0 Å². The Kier molecular flexibility index (Phi) is 6.30. The number of rotatable bonds is 3. The molecule has 1 fully saturated rings. The van der Waals surface area contributed by atoms with Gasteiger partial charge in [0.1, 0.15) is 0 Å². The summed E-state index contributed by atoms with van der Waals surface area (Å²) in [4.78, 5) is 14.0. The Morgan fingerprint density at radius 2 is 2.19 bits per heavy atom. The van der Waals surface area contributed by atoms with E-state index in [1.807, 2.05) is 18.7 Å². The molecule has 1 rings (SSSR count). The Hall–Kier alpha value is -0.320. The van der Waals surface area contributed by atoms with Gasteiger partial charge in [-0.3, -0.25) is 4.79 Å². The number of methoxy groups -OCH3 is 1. The molecule has 1 heterocycles. The summed E-state index contributed by atoms with van der Waals surface area (Å²) in [5.74, 6) is 0.145. The van der Waals surface area contributed by atoms with Crippen LogP contribution in [0.15, 0.2) is 0 Å². The molecule has 1 atom stereocenters. The zero-order valence-corrected chi connectivity index (χ0v) is 11.2. The van der Waals surface area contributed by atoms with Crippen LogP contribution in [0.1, 0.15) is 26.7 Å². The van der Waals surface area contributed by atoms with E-state index in [9.17, 15) is 4.79 Å². The molecule has 16 heavy (non-hydrogen) atoms. The van der Waals surface area contributed by atoms with Crippen LogP contribution >= 0.6 is 12.4 Å². The zero-order valence-electron chi connectivity index (χ0n) is 10.4. The molecule has 0 aromatic rings. The van der Waals surface area contributed by atoms with Crippen molar-refractivity contribution in [3.63, 3.8) is 0 Å². The molecule has 4 nitrogen and oxygen atoms in total. The lowest BCUT2D eigenvalue weighted by atomic mass is 9.90. The highest BCUT2D eigenvalue weighted by atomic mass is 35.5. The maximum atomic E-state index is 12.1. The van der Waals surface area contributed by atoms with E-state index in [-0.39, 0.29) is 24.4 Å². The third-order valence-corrected chi connectivity index (χ3v) is 3.09. The second-order valence-electron chi connectivity index (χ2n) is 4.84. The summed E-state index contributed by atoms with van der Waals surface area (Å²) >= 11 is 0. The van der Waals surface area contributed by atoms with Crippen molar-refractivity contribution in [2.45, 2.75) is 32.8 Å². The molecule has 1 amide bonds. The Balaban J connectivity index is 0.00000225. The standard InChI is InChI=1S/C11H22N2O2.ClH/c1-11(2,8-12)10(14)13-6-4-5-9(7-13)15-3;/h9H,4-8,12H2,1-3H3;1H. The van der Waals surface area contributed by atoms with Gasteiger partial charge in [-0.1, -0.05) is 0 Å². The van der Waals surface area contributed by atoms with Gasteiger partial charge in [0.2, 0.25) is 5.91 Å². The molecule has 1 aliphatic rings. The van der Waals surface area contributed by atoms with Crippen LogP contribution in [-0.2, 0) is 9.53 Å². The van der Waals surface area contributed by atoms with Crippen molar-refractivity contribution in [1.82, 2.24) is 4.90 Å². The van der Waals surface area contributed by atoms with Crippen molar-refractivity contribution in [2.75, 3.05) is 26.7 Å². The third-order valence-electron chi connectivity index (χ3n) is 3.09. The SMILES string of the molecule is COC1CCCN(C(=O)C(C)(C)CN)C1.Cl. The fraction of sp³-hybridized carbons (Fsp3) is 0.909. The van der Waals surface area contributed by atoms with Crippen molar-refractivity contribution >= 4 is 18.3 Å². The van der Waals surface area contributed by atoms with E-state index in [1.54, 1.807) is 7.11 Å². The van der Waals surface area contributed by atoms with Gasteiger partial charge < -0.3 is 15.4 Å². The summed E-state index contributed by atoms with van der Waals surface area (Å²) in [5.41, 5.74) is 5.15. The molecule has 0 aromatic carbocycles. The molecule has 0 aliphatic carbocycles. The first kappa shape index (κ1) is 15.7. The van der Waals surface area contributed by atoms with E-state index in [4.69, 9.17) is 10.5 Å². The van der Waals surface area contributed by atoms with Crippen LogP contribution in [-0.4, -0.2) is 43.7 Å². The molecule has 0 radical (unpaired) electrons. The van der Waals surface area contributed by atoms with E-state index in [2.05, 4.69) is 0 Å². The lowest BCUT2D eigenvalue weighted by molar-refractivity contribution is -0.143. The molecular formula is C11H23ClN2O2. The summed E-state index contributed by atoms with van der Waals surface area (Å²) in [5, 5.41) is 0. The summed E-state index contributed by atoms with van der Waals surface area (Å²) < 4.78 is 5.29. The highest BCUT2D eigenvalue weighted by Gasteiger charge is 2.33. The van der Waals surface area contributed by atoms with Crippen LogP contribution in [0.5, 0.6) is 0 Å². The molecule has 2 N–H and O–H groups in total. The van der Waals surface area contributed by atoms with Gasteiger partial charge in [0, 0.05) is 26.7 Å². The number of carbonyl (C=O) groups is 1. The van der Waals surface area contributed by atoms with E-state index >= 15 is 0 Å². The minimum atomic E-state index is -0.449. The number of halogens is 1. The monoisotopic (exact) mass is 250 g/mol. The van der Waals surface area contributed by atoms with E-state index in [1.165, 1.54) is 0 Å². The molecular weight excluding hydrogens is 228 g/mol. The number of ether oxygens (including phenoxy) is 1. The lowest BCUT2D eigenvalue weighted by Gasteiger charge is -2.36. The minimum Gasteiger partial charge on any atom is -0.380 e. The Labute approximate surface area is 104 Å². The van der Waals surface area contributed by atoms with Gasteiger partial charge in [-0.05, 0) is 26.7 Å². The number of amides is 1. The fourth-order valence-electron chi connectivity index (χ4n) is 1.83. The average Bonchev–Trinajstić information content (AvgIpc) is 2.28. The molecule has 0 bridgehead atoms. The van der Waals surface area contributed by atoms with Gasteiger partial charge in [-0.25, -0.2) is 0 Å². The summed E-state index contributed by atoms with van der Waals surface area (Å²) in [6, 6.07) is 0. The van der Waals surface area contributed by atoms with Crippen LogP contribution in [0.25, 0.3) is 0 Å². The van der Waals surface area contributed by atoms with Gasteiger partial charge in [0.25, 0.3) is 0 Å². The summed E-state index contributed by atoms with van der Waals surface area (Å²) in [6.07, 6.45) is 2.25. The number of hydrogen-bond donors (Lipinski definition) is 1. The predicted octanol–water partition coefficient (Wildman–Crippen LogP) is 1.03. The average molecular weight is 251 g/mol. The van der Waals surface area contributed by atoms with Crippen molar-refractivity contribution in [3.8, 4) is 0 Å². The normalized spacial score (nSPS) is 21.5. The van der Waals surface area contributed by atoms with Crippen molar-refractivity contribution in [3.05, 3.63) is 0 Å². The quantitative estimate of drug-likeness (QED) is 0.814. The van der Waals surface area contributed by atoms with E-state index in [0.717, 1.165) is 19.4 Å². The zero-order chi connectivity index (χ0) is 11.5. The molecule has 0 aromatic heterocycles. The summed E-state index contributed by atoms with van der Waals surface area (Å²) in [7, 11) is 1.70. The summed E-state index contributed by atoms with van der Waals surface area (Å²) in [6.45, 7) is 5.72. The van der Waals surface area contributed by atoms with Crippen molar-refractivity contribution in [1.29, 1.82) is 0 Å². The Morgan fingerprint density at radius 1 is 1.56 bits per heavy atom. The number of nitrogens with zero attached hydrogens (tertiary/aromatic N) is 1. The van der Waals surface area contributed by atoms with Gasteiger partial charge in [-0.2, -0.15) is 0 Å². The van der Waals surface area contributed by atoms with Crippen LogP contribution in [0.3, 0.4) is 0 Å². The second-order valence-corrected chi connectivity index (χ2v) is 4.84. The number of carbonyl (C=O) groups excluding carboxylic acids is 1. The largest absolute Gasteiger partial charge is 0.380 e. The molecule has 0 spiro atoms. The molecule has 1 aliphatic heterocycles. The molecule has 96 valence electrons. The molecule has 5 heteroatoms.